The smallest absolute Gasteiger partial charge is 0.306 e. The van der Waals surface area contributed by atoms with Gasteiger partial charge < -0.3 is 9.47 Å². The Balaban J connectivity index is 3.29. The van der Waals surface area contributed by atoms with Crippen LogP contribution < -0.4 is 0 Å². The van der Waals surface area contributed by atoms with Crippen LogP contribution in [0.4, 0.5) is 0 Å². The van der Waals surface area contributed by atoms with E-state index in [1.165, 1.54) is 83.5 Å². The topological polar surface area (TPSA) is 52.6 Å². The summed E-state index contributed by atoms with van der Waals surface area (Å²) >= 11 is 0. The van der Waals surface area contributed by atoms with Crippen LogP contribution in [0.2, 0.25) is 0 Å². The van der Waals surface area contributed by atoms with Crippen molar-refractivity contribution in [1.29, 1.82) is 0 Å². The molecule has 32 heavy (non-hydrogen) atoms. The van der Waals surface area contributed by atoms with Crippen molar-refractivity contribution in [2.75, 3.05) is 6.61 Å². The van der Waals surface area contributed by atoms with Crippen LogP contribution in [0.25, 0.3) is 0 Å². The molecule has 0 bridgehead atoms. The quantitative estimate of drug-likeness (QED) is 0.108. The Morgan fingerprint density at radius 2 is 0.938 bits per heavy atom. The molecular formula is C28H54O4. The Kier molecular flexibility index (Phi) is 23.8. The van der Waals surface area contributed by atoms with Crippen molar-refractivity contribution < 1.29 is 19.1 Å². The first-order valence-corrected chi connectivity index (χ1v) is 14.0. The van der Waals surface area contributed by atoms with Crippen molar-refractivity contribution in [3.05, 3.63) is 0 Å². The van der Waals surface area contributed by atoms with E-state index in [1.807, 2.05) is 13.8 Å². The van der Waals surface area contributed by atoms with Crippen LogP contribution in [0.5, 0.6) is 0 Å². The van der Waals surface area contributed by atoms with Crippen LogP contribution in [0, 0.1) is 0 Å². The summed E-state index contributed by atoms with van der Waals surface area (Å²) in [6, 6.07) is 0. The zero-order chi connectivity index (χ0) is 23.7. The van der Waals surface area contributed by atoms with Crippen LogP contribution in [0.15, 0.2) is 0 Å². The molecule has 4 nitrogen and oxygen atoms in total. The number of carbonyl (C=O) groups excluding carboxylic acids is 2. The number of ether oxygens (including phenoxy) is 2. The highest BCUT2D eigenvalue weighted by molar-refractivity contribution is 5.70. The number of rotatable bonds is 24. The van der Waals surface area contributed by atoms with Gasteiger partial charge in [-0.1, -0.05) is 111 Å². The highest BCUT2D eigenvalue weighted by atomic mass is 16.5. The molecule has 0 atom stereocenters. The third kappa shape index (κ3) is 22.1. The predicted octanol–water partition coefficient (Wildman–Crippen LogP) is 8.69. The lowest BCUT2D eigenvalue weighted by atomic mass is 10.0. The van der Waals surface area contributed by atoms with Crippen molar-refractivity contribution in [2.24, 2.45) is 0 Å². The largest absolute Gasteiger partial charge is 0.466 e. The maximum Gasteiger partial charge on any atom is 0.306 e. The fourth-order valence-electron chi connectivity index (χ4n) is 3.97. The molecule has 0 N–H and O–H groups in total. The lowest BCUT2D eigenvalue weighted by Gasteiger charge is -2.13. The first-order chi connectivity index (χ1) is 15.6. The minimum Gasteiger partial charge on any atom is -0.466 e. The van der Waals surface area contributed by atoms with E-state index in [0.717, 1.165) is 25.7 Å². The van der Waals surface area contributed by atoms with Crippen molar-refractivity contribution in [1.82, 2.24) is 0 Å². The standard InChI is InChI=1S/C28H54O4/c1-4-7-8-9-10-11-12-13-14-15-16-17-18-19-22-25-31-27(29)23-20-21-24-28(30)32-26(5-2)6-3/h26H,4-25H2,1-3H3. The highest BCUT2D eigenvalue weighted by Gasteiger charge is 2.10. The van der Waals surface area contributed by atoms with Gasteiger partial charge in [-0.15, -0.1) is 0 Å². The van der Waals surface area contributed by atoms with E-state index in [1.54, 1.807) is 0 Å². The second-order valence-corrected chi connectivity index (χ2v) is 9.31. The van der Waals surface area contributed by atoms with E-state index < -0.39 is 0 Å². The van der Waals surface area contributed by atoms with Gasteiger partial charge in [-0.25, -0.2) is 0 Å². The van der Waals surface area contributed by atoms with Gasteiger partial charge in [-0.2, -0.15) is 0 Å². The van der Waals surface area contributed by atoms with E-state index in [0.29, 0.717) is 32.3 Å². The molecule has 0 aromatic rings. The van der Waals surface area contributed by atoms with Gasteiger partial charge in [-0.3, -0.25) is 9.59 Å². The molecule has 4 heteroatoms. The summed E-state index contributed by atoms with van der Waals surface area (Å²) in [7, 11) is 0. The maximum atomic E-state index is 11.8. The summed E-state index contributed by atoms with van der Waals surface area (Å²) in [5, 5.41) is 0. The molecule has 0 rings (SSSR count). The first kappa shape index (κ1) is 30.9. The van der Waals surface area contributed by atoms with E-state index in [4.69, 9.17) is 9.47 Å². The molecule has 0 aromatic heterocycles. The normalized spacial score (nSPS) is 11.1. The molecule has 0 aliphatic heterocycles. The second kappa shape index (κ2) is 24.6. The Morgan fingerprint density at radius 3 is 1.38 bits per heavy atom. The van der Waals surface area contributed by atoms with Gasteiger partial charge in [0.2, 0.25) is 0 Å². The third-order valence-electron chi connectivity index (χ3n) is 6.23. The molecule has 0 fully saturated rings. The van der Waals surface area contributed by atoms with E-state index in [9.17, 15) is 9.59 Å². The average Bonchev–Trinajstić information content (AvgIpc) is 2.80. The van der Waals surface area contributed by atoms with E-state index in [2.05, 4.69) is 6.92 Å². The van der Waals surface area contributed by atoms with Crippen LogP contribution in [-0.4, -0.2) is 24.6 Å². The first-order valence-electron chi connectivity index (χ1n) is 14.0. The fraction of sp³-hybridized carbons (Fsp3) is 0.929. The van der Waals surface area contributed by atoms with Crippen molar-refractivity contribution in [2.45, 2.75) is 162 Å². The molecule has 0 aromatic carbocycles. The van der Waals surface area contributed by atoms with Crippen molar-refractivity contribution >= 4 is 11.9 Å². The third-order valence-corrected chi connectivity index (χ3v) is 6.23. The number of esters is 2. The molecule has 0 aliphatic rings. The zero-order valence-corrected chi connectivity index (χ0v) is 21.8. The van der Waals surface area contributed by atoms with Gasteiger partial charge >= 0.3 is 11.9 Å². The summed E-state index contributed by atoms with van der Waals surface area (Å²) < 4.78 is 10.7. The minimum absolute atomic E-state index is 0.0300. The lowest BCUT2D eigenvalue weighted by Crippen LogP contribution is -2.16. The average molecular weight is 455 g/mol. The Labute approximate surface area is 199 Å². The number of hydrogen-bond donors (Lipinski definition) is 0. The molecule has 0 aliphatic carbocycles. The van der Waals surface area contributed by atoms with Crippen LogP contribution in [0.1, 0.15) is 156 Å². The molecule has 0 saturated heterocycles. The molecular weight excluding hydrogens is 400 g/mol. The highest BCUT2D eigenvalue weighted by Crippen LogP contribution is 2.13. The molecule has 0 amide bonds. The monoisotopic (exact) mass is 454 g/mol. The van der Waals surface area contributed by atoms with Crippen molar-refractivity contribution in [3.63, 3.8) is 0 Å². The summed E-state index contributed by atoms with van der Waals surface area (Å²) in [6.07, 6.45) is 23.9. The Morgan fingerprint density at radius 1 is 0.531 bits per heavy atom. The predicted molar refractivity (Wildman–Crippen MR) is 135 cm³/mol. The summed E-state index contributed by atoms with van der Waals surface area (Å²) in [5.41, 5.74) is 0. The summed E-state index contributed by atoms with van der Waals surface area (Å²) in [5.74, 6) is -0.284. The minimum atomic E-state index is -0.148. The summed E-state index contributed by atoms with van der Waals surface area (Å²) in [4.78, 5) is 23.5. The van der Waals surface area contributed by atoms with Crippen molar-refractivity contribution in [3.8, 4) is 0 Å². The van der Waals surface area contributed by atoms with Gasteiger partial charge in [0.05, 0.1) is 6.61 Å². The molecule has 0 unspecified atom stereocenters. The lowest BCUT2D eigenvalue weighted by molar-refractivity contribution is -0.150. The van der Waals surface area contributed by atoms with Crippen LogP contribution in [0.3, 0.4) is 0 Å². The Bertz CT molecular complexity index is 418. The molecule has 190 valence electrons. The van der Waals surface area contributed by atoms with Gasteiger partial charge in [0.1, 0.15) is 6.10 Å². The number of unbranched alkanes of at least 4 members (excludes halogenated alkanes) is 15. The molecule has 0 saturated carbocycles. The maximum absolute atomic E-state index is 11.8. The molecule has 0 heterocycles. The SMILES string of the molecule is CCCCCCCCCCCCCCCCCOC(=O)CCCCC(=O)OC(CC)CC. The van der Waals surface area contributed by atoms with Gasteiger partial charge in [0.15, 0.2) is 0 Å². The molecule has 0 spiro atoms. The Hall–Kier alpha value is -1.06. The zero-order valence-electron chi connectivity index (χ0n) is 21.8. The van der Waals surface area contributed by atoms with E-state index in [-0.39, 0.29) is 18.0 Å². The summed E-state index contributed by atoms with van der Waals surface area (Å²) in [6.45, 7) is 6.86. The fourth-order valence-corrected chi connectivity index (χ4v) is 3.97. The van der Waals surface area contributed by atoms with Gasteiger partial charge in [0, 0.05) is 12.8 Å². The van der Waals surface area contributed by atoms with E-state index >= 15 is 0 Å². The number of carbonyl (C=O) groups is 2. The molecule has 0 radical (unpaired) electrons. The van der Waals surface area contributed by atoms with Gasteiger partial charge in [-0.05, 0) is 32.1 Å². The number of hydrogen-bond acceptors (Lipinski definition) is 4. The van der Waals surface area contributed by atoms with Crippen LogP contribution in [-0.2, 0) is 19.1 Å². The van der Waals surface area contributed by atoms with Gasteiger partial charge in [0.25, 0.3) is 0 Å². The second-order valence-electron chi connectivity index (χ2n) is 9.31. The van der Waals surface area contributed by atoms with Crippen LogP contribution >= 0.6 is 0 Å².